The summed E-state index contributed by atoms with van der Waals surface area (Å²) in [6, 6.07) is 7.62. The Labute approximate surface area is 136 Å². The summed E-state index contributed by atoms with van der Waals surface area (Å²) >= 11 is 0. The topological polar surface area (TPSA) is 51.7 Å². The van der Waals surface area contributed by atoms with E-state index < -0.39 is 0 Å². The van der Waals surface area contributed by atoms with Crippen LogP contribution in [0.5, 0.6) is 5.75 Å². The lowest BCUT2D eigenvalue weighted by atomic mass is 10.1. The molecule has 1 aliphatic rings. The number of benzene rings is 1. The molecule has 0 bridgehead atoms. The maximum Gasteiger partial charge on any atom is 0.255 e. The Balaban J connectivity index is 1.95. The van der Waals surface area contributed by atoms with Gasteiger partial charge < -0.3 is 14.4 Å². The largest absolute Gasteiger partial charge is 0.497 e. The van der Waals surface area contributed by atoms with Gasteiger partial charge in [-0.05, 0) is 39.0 Å². The van der Waals surface area contributed by atoms with Crippen molar-refractivity contribution in [1.82, 2.24) is 9.88 Å². The Morgan fingerprint density at radius 3 is 2.61 bits per heavy atom. The van der Waals surface area contributed by atoms with Crippen LogP contribution in [0.15, 0.2) is 24.3 Å². The molecule has 5 nitrogen and oxygen atoms in total. The summed E-state index contributed by atoms with van der Waals surface area (Å²) in [6.45, 7) is 7.09. The van der Waals surface area contributed by atoms with E-state index in [0.29, 0.717) is 18.7 Å². The van der Waals surface area contributed by atoms with Crippen molar-refractivity contribution in [2.45, 2.75) is 33.0 Å². The molecule has 1 saturated heterocycles. The summed E-state index contributed by atoms with van der Waals surface area (Å²) in [5.74, 6) is 0.786. The van der Waals surface area contributed by atoms with Crippen molar-refractivity contribution >= 4 is 16.8 Å². The Morgan fingerprint density at radius 2 is 1.96 bits per heavy atom. The average Bonchev–Trinajstić information content (AvgIpc) is 2.52. The smallest absolute Gasteiger partial charge is 0.255 e. The minimum atomic E-state index is 0.0229. The summed E-state index contributed by atoms with van der Waals surface area (Å²) in [7, 11) is 1.63. The summed E-state index contributed by atoms with van der Waals surface area (Å²) in [5, 5.41) is 0.939. The molecule has 1 aliphatic heterocycles. The number of carbonyl (C=O) groups excluding carboxylic acids is 1. The van der Waals surface area contributed by atoms with Crippen LogP contribution in [0, 0.1) is 6.92 Å². The number of pyridine rings is 1. The SMILES string of the molecule is COc1ccc2cc(C(=O)N3CC(C)OC(C)C3)c(C)nc2c1. The van der Waals surface area contributed by atoms with Crippen molar-refractivity contribution < 1.29 is 14.3 Å². The summed E-state index contributed by atoms with van der Waals surface area (Å²) in [6.07, 6.45) is 0.112. The third kappa shape index (κ3) is 3.15. The summed E-state index contributed by atoms with van der Waals surface area (Å²) in [4.78, 5) is 19.3. The molecule has 5 heteroatoms. The Hall–Kier alpha value is -2.14. The zero-order valence-electron chi connectivity index (χ0n) is 14.0. The van der Waals surface area contributed by atoms with Gasteiger partial charge in [0.2, 0.25) is 0 Å². The second-order valence-electron chi connectivity index (χ2n) is 6.15. The number of methoxy groups -OCH3 is 1. The predicted octanol–water partition coefficient (Wildman–Crippen LogP) is 2.80. The lowest BCUT2D eigenvalue weighted by Crippen LogP contribution is -2.48. The maximum absolute atomic E-state index is 12.9. The molecule has 3 rings (SSSR count). The number of hydrogen-bond acceptors (Lipinski definition) is 4. The van der Waals surface area contributed by atoms with E-state index in [1.807, 2.05) is 49.9 Å². The van der Waals surface area contributed by atoms with Crippen LogP contribution in [0.25, 0.3) is 10.9 Å². The molecule has 0 saturated carbocycles. The van der Waals surface area contributed by atoms with Crippen molar-refractivity contribution in [3.63, 3.8) is 0 Å². The van der Waals surface area contributed by atoms with Crippen molar-refractivity contribution in [1.29, 1.82) is 0 Å². The highest BCUT2D eigenvalue weighted by Gasteiger charge is 2.27. The van der Waals surface area contributed by atoms with Gasteiger partial charge >= 0.3 is 0 Å². The van der Waals surface area contributed by atoms with Crippen molar-refractivity contribution in [2.24, 2.45) is 0 Å². The molecule has 2 aromatic rings. The van der Waals surface area contributed by atoms with E-state index in [9.17, 15) is 4.79 Å². The standard InChI is InChI=1S/C18H22N2O3/c1-11-9-20(10-12(2)23-11)18(21)16-7-14-5-6-15(22-4)8-17(14)19-13(16)3/h5-8,11-12H,9-10H2,1-4H3. The lowest BCUT2D eigenvalue weighted by Gasteiger charge is -2.35. The van der Waals surface area contributed by atoms with Gasteiger partial charge in [-0.3, -0.25) is 9.78 Å². The molecule has 2 heterocycles. The van der Waals surface area contributed by atoms with Gasteiger partial charge in [-0.25, -0.2) is 0 Å². The number of ether oxygens (including phenoxy) is 2. The minimum Gasteiger partial charge on any atom is -0.497 e. The third-order valence-corrected chi connectivity index (χ3v) is 4.15. The predicted molar refractivity (Wildman–Crippen MR) is 88.9 cm³/mol. The number of hydrogen-bond donors (Lipinski definition) is 0. The van der Waals surface area contributed by atoms with Crippen molar-refractivity contribution in [3.8, 4) is 5.75 Å². The Morgan fingerprint density at radius 1 is 1.26 bits per heavy atom. The first-order valence-electron chi connectivity index (χ1n) is 7.88. The van der Waals surface area contributed by atoms with Crippen molar-refractivity contribution in [3.05, 3.63) is 35.5 Å². The van der Waals surface area contributed by atoms with Gasteiger partial charge in [0.15, 0.2) is 0 Å². The molecule has 0 spiro atoms. The van der Waals surface area contributed by atoms with Gasteiger partial charge in [-0.15, -0.1) is 0 Å². The molecule has 2 unspecified atom stereocenters. The van der Waals surface area contributed by atoms with E-state index >= 15 is 0 Å². The molecule has 1 aromatic heterocycles. The fourth-order valence-corrected chi connectivity index (χ4v) is 3.10. The highest BCUT2D eigenvalue weighted by molar-refractivity contribution is 5.98. The lowest BCUT2D eigenvalue weighted by molar-refractivity contribution is -0.0586. The number of amides is 1. The Kier molecular flexibility index (Phi) is 4.22. The molecule has 23 heavy (non-hydrogen) atoms. The molecule has 2 atom stereocenters. The second-order valence-corrected chi connectivity index (χ2v) is 6.15. The maximum atomic E-state index is 12.9. The fraction of sp³-hybridized carbons (Fsp3) is 0.444. The van der Waals surface area contributed by atoms with Crippen LogP contribution in [-0.2, 0) is 4.74 Å². The molecular formula is C18H22N2O3. The van der Waals surface area contributed by atoms with Crippen LogP contribution in [0.2, 0.25) is 0 Å². The number of nitrogens with zero attached hydrogens (tertiary/aromatic N) is 2. The van der Waals surface area contributed by atoms with Crippen LogP contribution in [0.4, 0.5) is 0 Å². The fourth-order valence-electron chi connectivity index (χ4n) is 3.10. The highest BCUT2D eigenvalue weighted by atomic mass is 16.5. The normalized spacial score (nSPS) is 21.5. The Bertz CT molecular complexity index is 734. The monoisotopic (exact) mass is 314 g/mol. The number of aryl methyl sites for hydroxylation is 1. The first-order chi connectivity index (χ1) is 11.0. The molecule has 0 aliphatic carbocycles. The number of aromatic nitrogens is 1. The van der Waals surface area contributed by atoms with Crippen LogP contribution in [0.3, 0.4) is 0 Å². The number of fused-ring (bicyclic) bond motifs is 1. The number of carbonyl (C=O) groups is 1. The quantitative estimate of drug-likeness (QED) is 0.855. The average molecular weight is 314 g/mol. The number of morpholine rings is 1. The van der Waals surface area contributed by atoms with Crippen LogP contribution < -0.4 is 4.74 Å². The zero-order chi connectivity index (χ0) is 16.6. The van der Waals surface area contributed by atoms with Gasteiger partial charge in [0.25, 0.3) is 5.91 Å². The molecule has 0 radical (unpaired) electrons. The van der Waals surface area contributed by atoms with E-state index in [0.717, 1.165) is 22.3 Å². The van der Waals surface area contributed by atoms with Gasteiger partial charge in [0.1, 0.15) is 5.75 Å². The van der Waals surface area contributed by atoms with Gasteiger partial charge in [0, 0.05) is 24.5 Å². The third-order valence-electron chi connectivity index (χ3n) is 4.15. The number of rotatable bonds is 2. The van der Waals surface area contributed by atoms with E-state index in [1.165, 1.54) is 0 Å². The van der Waals surface area contributed by atoms with Crippen LogP contribution in [-0.4, -0.2) is 48.2 Å². The van der Waals surface area contributed by atoms with E-state index in [1.54, 1.807) is 7.11 Å². The first kappa shape index (κ1) is 15.7. The molecule has 0 N–H and O–H groups in total. The van der Waals surface area contributed by atoms with E-state index in [-0.39, 0.29) is 18.1 Å². The molecule has 1 fully saturated rings. The van der Waals surface area contributed by atoms with Gasteiger partial charge in [-0.2, -0.15) is 0 Å². The summed E-state index contributed by atoms with van der Waals surface area (Å²) in [5.41, 5.74) is 2.23. The second kappa shape index (κ2) is 6.16. The van der Waals surface area contributed by atoms with E-state index in [4.69, 9.17) is 9.47 Å². The molecule has 1 aromatic carbocycles. The molecular weight excluding hydrogens is 292 g/mol. The van der Waals surface area contributed by atoms with E-state index in [2.05, 4.69) is 4.98 Å². The van der Waals surface area contributed by atoms with Gasteiger partial charge in [-0.1, -0.05) is 0 Å². The minimum absolute atomic E-state index is 0.0229. The summed E-state index contributed by atoms with van der Waals surface area (Å²) < 4.78 is 10.9. The van der Waals surface area contributed by atoms with Crippen LogP contribution in [0.1, 0.15) is 29.9 Å². The molecule has 1 amide bonds. The first-order valence-corrected chi connectivity index (χ1v) is 7.88. The highest BCUT2D eigenvalue weighted by Crippen LogP contribution is 2.23. The zero-order valence-corrected chi connectivity index (χ0v) is 14.0. The van der Waals surface area contributed by atoms with Crippen LogP contribution >= 0.6 is 0 Å². The van der Waals surface area contributed by atoms with Crippen molar-refractivity contribution in [2.75, 3.05) is 20.2 Å². The molecule has 122 valence electrons. The van der Waals surface area contributed by atoms with Gasteiger partial charge in [0.05, 0.1) is 36.1 Å².